The smallest absolute Gasteiger partial charge is 0.338 e. The summed E-state index contributed by atoms with van der Waals surface area (Å²) < 4.78 is 11.3. The van der Waals surface area contributed by atoms with Crippen LogP contribution in [0.2, 0.25) is 0 Å². The lowest BCUT2D eigenvalue weighted by Crippen LogP contribution is -2.46. The van der Waals surface area contributed by atoms with Gasteiger partial charge in [-0.2, -0.15) is 0 Å². The van der Waals surface area contributed by atoms with E-state index in [0.29, 0.717) is 18.4 Å². The summed E-state index contributed by atoms with van der Waals surface area (Å²) in [7, 11) is 0. The second kappa shape index (κ2) is 9.63. The van der Waals surface area contributed by atoms with Gasteiger partial charge in [0.05, 0.1) is 12.0 Å². The summed E-state index contributed by atoms with van der Waals surface area (Å²) in [5.74, 6) is -0.615. The molecule has 31 heavy (non-hydrogen) atoms. The fraction of sp³-hybridized carbons (Fsp3) is 0.500. The van der Waals surface area contributed by atoms with Gasteiger partial charge in [0.2, 0.25) is 0 Å². The van der Waals surface area contributed by atoms with Gasteiger partial charge in [0, 0.05) is 11.8 Å². The van der Waals surface area contributed by atoms with Crippen molar-refractivity contribution in [2.45, 2.75) is 71.5 Å². The number of hydrogen-bond donors (Lipinski definition) is 0. The highest BCUT2D eigenvalue weighted by Crippen LogP contribution is 2.42. The van der Waals surface area contributed by atoms with Crippen molar-refractivity contribution in [1.82, 2.24) is 0 Å². The lowest BCUT2D eigenvalue weighted by Gasteiger charge is -2.40. The summed E-state index contributed by atoms with van der Waals surface area (Å²) in [5.41, 5.74) is 1.65. The molecule has 2 bridgehead atoms. The van der Waals surface area contributed by atoms with Crippen molar-refractivity contribution in [3.63, 3.8) is 0 Å². The molecule has 2 heterocycles. The maximum atomic E-state index is 12.9. The van der Waals surface area contributed by atoms with Gasteiger partial charge in [0.1, 0.15) is 6.10 Å². The molecule has 3 aliphatic rings. The monoisotopic (exact) mass is 424 g/mol. The summed E-state index contributed by atoms with van der Waals surface area (Å²) in [4.78, 5) is 38.0. The Morgan fingerprint density at radius 1 is 1.13 bits per heavy atom. The number of carbonyl (C=O) groups excluding carboxylic acids is 3. The van der Waals surface area contributed by atoms with Crippen LogP contribution in [0.4, 0.5) is 0 Å². The molecule has 1 aromatic carbocycles. The molecule has 0 radical (unpaired) electrons. The molecule has 4 rings (SSSR count). The zero-order chi connectivity index (χ0) is 22.6. The Kier molecular flexibility index (Phi) is 7.14. The molecule has 1 saturated carbocycles. The average molecular weight is 425 g/mol. The van der Waals surface area contributed by atoms with Crippen molar-refractivity contribution in [3.8, 4) is 0 Å². The number of ether oxygens (including phenoxy) is 2. The van der Waals surface area contributed by atoms with Crippen LogP contribution in [0.3, 0.4) is 0 Å². The molecular weight excluding hydrogens is 392 g/mol. The van der Waals surface area contributed by atoms with Crippen LogP contribution in [0.1, 0.15) is 69.7 Å². The fourth-order valence-electron chi connectivity index (χ4n) is 4.56. The number of esters is 2. The molecule has 5 heteroatoms. The Labute approximate surface area is 184 Å². The lowest BCUT2D eigenvalue weighted by atomic mass is 9.65. The van der Waals surface area contributed by atoms with Crippen molar-refractivity contribution in [2.75, 3.05) is 0 Å². The maximum Gasteiger partial charge on any atom is 0.338 e. The molecule has 1 aliphatic carbocycles. The third kappa shape index (κ3) is 5.72. The van der Waals surface area contributed by atoms with Gasteiger partial charge in [-0.3, -0.25) is 9.59 Å². The summed E-state index contributed by atoms with van der Waals surface area (Å²) in [6.07, 6.45) is 4.15. The molecule has 0 amide bonds. The van der Waals surface area contributed by atoms with Gasteiger partial charge < -0.3 is 9.47 Å². The molecule has 0 aromatic heterocycles. The first kappa shape index (κ1) is 23.0. The summed E-state index contributed by atoms with van der Waals surface area (Å²) >= 11 is 0. The van der Waals surface area contributed by atoms with E-state index in [9.17, 15) is 14.4 Å². The molecule has 166 valence electrons. The first-order chi connectivity index (χ1) is 14.7. The zero-order valence-corrected chi connectivity index (χ0v) is 18.7. The van der Waals surface area contributed by atoms with Gasteiger partial charge in [-0.05, 0) is 56.7 Å². The molecule has 1 fully saturated rings. The standard InChI is InChI=1S/C26H32O5/c1-17-10-11-20-12-13-22(24(28)26(20,3)4)31-23(27)16-18(2)15-21(14-17)30-25(29)19-8-6-5-7-9-19/h5-9,15,20-22H,1,10-14,16H2,2-4H3/b18-15+/t20-,21+,22+/m1/s1. The topological polar surface area (TPSA) is 69.7 Å². The van der Waals surface area contributed by atoms with E-state index in [1.165, 1.54) is 0 Å². The van der Waals surface area contributed by atoms with Crippen molar-refractivity contribution >= 4 is 17.7 Å². The number of fused-ring (bicyclic) bond motifs is 10. The van der Waals surface area contributed by atoms with E-state index in [4.69, 9.17) is 9.47 Å². The first-order valence-corrected chi connectivity index (χ1v) is 11.0. The Morgan fingerprint density at radius 3 is 2.55 bits per heavy atom. The van der Waals surface area contributed by atoms with Crippen LogP contribution < -0.4 is 0 Å². The molecule has 1 aromatic rings. The fourth-order valence-corrected chi connectivity index (χ4v) is 4.56. The second-order valence-corrected chi connectivity index (χ2v) is 9.33. The van der Waals surface area contributed by atoms with Gasteiger partial charge in [0.15, 0.2) is 11.9 Å². The highest BCUT2D eigenvalue weighted by Gasteiger charge is 2.45. The van der Waals surface area contributed by atoms with Gasteiger partial charge in [-0.1, -0.05) is 49.8 Å². The summed E-state index contributed by atoms with van der Waals surface area (Å²) in [5, 5.41) is 0. The Hall–Kier alpha value is -2.69. The van der Waals surface area contributed by atoms with Gasteiger partial charge in [0.25, 0.3) is 0 Å². The quantitative estimate of drug-likeness (QED) is 0.482. The minimum atomic E-state index is -0.676. The van der Waals surface area contributed by atoms with Crippen LogP contribution in [0.25, 0.3) is 0 Å². The molecule has 0 saturated heterocycles. The average Bonchev–Trinajstić information content (AvgIpc) is 2.70. The van der Waals surface area contributed by atoms with Gasteiger partial charge in [-0.15, -0.1) is 0 Å². The Bertz CT molecular complexity index is 880. The van der Waals surface area contributed by atoms with E-state index in [1.807, 2.05) is 26.8 Å². The predicted molar refractivity (Wildman–Crippen MR) is 118 cm³/mol. The number of hydrogen-bond acceptors (Lipinski definition) is 5. The van der Waals surface area contributed by atoms with Crippen molar-refractivity contribution < 1.29 is 23.9 Å². The predicted octanol–water partition coefficient (Wildman–Crippen LogP) is 5.21. The number of ketones is 1. The molecular formula is C26H32O5. The maximum absolute atomic E-state index is 12.9. The molecule has 5 nitrogen and oxygen atoms in total. The number of Topliss-reactive ketones (excluding diaryl/α,β-unsaturated/α-hetero) is 1. The largest absolute Gasteiger partial charge is 0.454 e. The van der Waals surface area contributed by atoms with E-state index < -0.39 is 29.6 Å². The molecule has 3 atom stereocenters. The third-order valence-electron chi connectivity index (χ3n) is 6.50. The van der Waals surface area contributed by atoms with Crippen LogP contribution >= 0.6 is 0 Å². The first-order valence-electron chi connectivity index (χ1n) is 11.0. The van der Waals surface area contributed by atoms with E-state index >= 15 is 0 Å². The van der Waals surface area contributed by atoms with Crippen LogP contribution in [-0.2, 0) is 19.1 Å². The second-order valence-electron chi connectivity index (χ2n) is 9.33. The van der Waals surface area contributed by atoms with E-state index in [1.54, 1.807) is 30.3 Å². The summed E-state index contributed by atoms with van der Waals surface area (Å²) in [6.45, 7) is 9.91. The van der Waals surface area contributed by atoms with E-state index in [-0.39, 0.29) is 18.1 Å². The van der Waals surface area contributed by atoms with Crippen molar-refractivity contribution in [3.05, 3.63) is 59.7 Å². The van der Waals surface area contributed by atoms with E-state index in [2.05, 4.69) is 6.58 Å². The highest BCUT2D eigenvalue weighted by molar-refractivity contribution is 5.91. The normalized spacial score (nSPS) is 28.8. The van der Waals surface area contributed by atoms with Crippen molar-refractivity contribution in [1.29, 1.82) is 0 Å². The Balaban J connectivity index is 1.81. The van der Waals surface area contributed by atoms with E-state index in [0.717, 1.165) is 30.4 Å². The van der Waals surface area contributed by atoms with Crippen molar-refractivity contribution in [2.24, 2.45) is 11.3 Å². The van der Waals surface area contributed by atoms with Crippen LogP contribution in [0.5, 0.6) is 0 Å². The third-order valence-corrected chi connectivity index (χ3v) is 6.50. The molecule has 0 N–H and O–H groups in total. The highest BCUT2D eigenvalue weighted by atomic mass is 16.5. The number of rotatable bonds is 2. The summed E-state index contributed by atoms with van der Waals surface area (Å²) in [6, 6.07) is 8.85. The van der Waals surface area contributed by atoms with Gasteiger partial charge >= 0.3 is 11.9 Å². The van der Waals surface area contributed by atoms with Crippen LogP contribution in [-0.4, -0.2) is 29.9 Å². The number of benzene rings is 1. The lowest BCUT2D eigenvalue weighted by molar-refractivity contribution is -0.163. The SMILES string of the molecule is C=C1CC[C@@H]2CC[C@H](OC(=O)C/C(C)=C/[C@@H](OC(=O)c3ccccc3)C1)C(=O)C2(C)C. The minimum absolute atomic E-state index is 0.0103. The minimum Gasteiger partial charge on any atom is -0.454 e. The van der Waals surface area contributed by atoms with Crippen LogP contribution in [0.15, 0.2) is 54.1 Å². The zero-order valence-electron chi connectivity index (χ0n) is 18.7. The van der Waals surface area contributed by atoms with Crippen LogP contribution in [0, 0.1) is 11.3 Å². The molecule has 2 aliphatic heterocycles. The van der Waals surface area contributed by atoms with Gasteiger partial charge in [-0.25, -0.2) is 4.79 Å². The molecule has 0 spiro atoms. The molecule has 0 unspecified atom stereocenters. The number of carbonyl (C=O) groups is 3. The Morgan fingerprint density at radius 2 is 1.84 bits per heavy atom.